The van der Waals surface area contributed by atoms with Crippen molar-refractivity contribution >= 4 is 15.9 Å². The van der Waals surface area contributed by atoms with Gasteiger partial charge >= 0.3 is 0 Å². The van der Waals surface area contributed by atoms with Crippen LogP contribution in [0.5, 0.6) is 0 Å². The third-order valence-corrected chi connectivity index (χ3v) is 6.18. The number of hydrogen-bond acceptors (Lipinski definition) is 1. The third-order valence-electron chi connectivity index (χ3n) is 5.59. The van der Waals surface area contributed by atoms with Crippen molar-refractivity contribution in [2.24, 2.45) is 23.2 Å². The van der Waals surface area contributed by atoms with Crippen molar-refractivity contribution in [2.45, 2.75) is 51.4 Å². The molecule has 0 aromatic rings. The SMILES string of the molecule is N#CCC[C@H]1CC[C@H]2/C(=C/Br)CCC[C@@]23C[C@@H]13. The molecule has 17 heavy (non-hydrogen) atoms. The summed E-state index contributed by atoms with van der Waals surface area (Å²) in [4.78, 5) is 2.21. The summed E-state index contributed by atoms with van der Waals surface area (Å²) >= 11 is 3.57. The predicted molar refractivity (Wildman–Crippen MR) is 72.5 cm³/mol. The Morgan fingerprint density at radius 2 is 2.35 bits per heavy atom. The highest BCUT2D eigenvalue weighted by atomic mass is 79.9. The Balaban J connectivity index is 1.74. The van der Waals surface area contributed by atoms with Crippen LogP contribution in [0.3, 0.4) is 0 Å². The summed E-state index contributed by atoms with van der Waals surface area (Å²) in [5, 5.41) is 8.74. The summed E-state index contributed by atoms with van der Waals surface area (Å²) in [6.07, 6.45) is 10.3. The van der Waals surface area contributed by atoms with Crippen LogP contribution in [-0.2, 0) is 0 Å². The Kier molecular flexibility index (Phi) is 3.07. The molecule has 3 rings (SSSR count). The van der Waals surface area contributed by atoms with E-state index >= 15 is 0 Å². The fraction of sp³-hybridized carbons (Fsp3) is 0.800. The van der Waals surface area contributed by atoms with Crippen LogP contribution in [0, 0.1) is 34.5 Å². The zero-order valence-corrected chi connectivity index (χ0v) is 11.9. The predicted octanol–water partition coefficient (Wildman–Crippen LogP) is 4.79. The highest BCUT2D eigenvalue weighted by molar-refractivity contribution is 9.11. The molecule has 0 unspecified atom stereocenters. The van der Waals surface area contributed by atoms with Crippen molar-refractivity contribution in [3.8, 4) is 6.07 Å². The van der Waals surface area contributed by atoms with E-state index in [1.54, 1.807) is 5.57 Å². The van der Waals surface area contributed by atoms with E-state index in [9.17, 15) is 0 Å². The number of allylic oxidation sites excluding steroid dienone is 1. The fourth-order valence-corrected chi connectivity index (χ4v) is 5.34. The second kappa shape index (κ2) is 4.43. The molecule has 4 atom stereocenters. The van der Waals surface area contributed by atoms with E-state index in [1.807, 2.05) is 0 Å². The molecule has 1 spiro atoms. The van der Waals surface area contributed by atoms with Gasteiger partial charge in [0.05, 0.1) is 6.07 Å². The quantitative estimate of drug-likeness (QED) is 0.718. The average Bonchev–Trinajstić information content (AvgIpc) is 3.08. The molecule has 0 heterocycles. The van der Waals surface area contributed by atoms with Gasteiger partial charge in [-0.25, -0.2) is 0 Å². The van der Waals surface area contributed by atoms with Crippen LogP contribution in [0.25, 0.3) is 0 Å². The summed E-state index contributed by atoms with van der Waals surface area (Å²) in [5.41, 5.74) is 2.36. The molecule has 3 fully saturated rings. The molecule has 0 aromatic carbocycles. The third kappa shape index (κ3) is 1.78. The number of nitriles is 1. The molecule has 0 aliphatic heterocycles. The lowest BCUT2D eigenvalue weighted by Crippen LogP contribution is -2.31. The standard InChI is InChI=1S/C15H20BrN/c16-10-12-3-1-7-15-9-14(15)11(4-2-8-17)5-6-13(12)15/h10-11,13-14H,1-7,9H2/b12-10+/t11-,13-,14-,15+/m0/s1. The fourth-order valence-electron chi connectivity index (χ4n) is 4.79. The summed E-state index contributed by atoms with van der Waals surface area (Å²) in [5.74, 6) is 2.69. The van der Waals surface area contributed by atoms with Crippen LogP contribution < -0.4 is 0 Å². The molecule has 0 N–H and O–H groups in total. The van der Waals surface area contributed by atoms with E-state index < -0.39 is 0 Å². The van der Waals surface area contributed by atoms with Crippen LogP contribution >= 0.6 is 15.9 Å². The van der Waals surface area contributed by atoms with Crippen molar-refractivity contribution in [3.63, 3.8) is 0 Å². The van der Waals surface area contributed by atoms with E-state index in [0.29, 0.717) is 5.41 Å². The Morgan fingerprint density at radius 3 is 3.12 bits per heavy atom. The topological polar surface area (TPSA) is 23.8 Å². The van der Waals surface area contributed by atoms with E-state index in [0.717, 1.165) is 30.6 Å². The summed E-state index contributed by atoms with van der Waals surface area (Å²) in [6.45, 7) is 0. The summed E-state index contributed by atoms with van der Waals surface area (Å²) < 4.78 is 0. The molecule has 0 bridgehead atoms. The molecule has 3 aliphatic carbocycles. The minimum atomic E-state index is 0.677. The lowest BCUT2D eigenvalue weighted by molar-refractivity contribution is 0.151. The Labute approximate surface area is 112 Å². The number of halogens is 1. The van der Waals surface area contributed by atoms with Crippen molar-refractivity contribution < 1.29 is 0 Å². The van der Waals surface area contributed by atoms with Gasteiger partial charge in [-0.2, -0.15) is 5.26 Å². The second-order valence-electron chi connectivity index (χ2n) is 6.17. The highest BCUT2D eigenvalue weighted by Gasteiger charge is 2.63. The van der Waals surface area contributed by atoms with E-state index in [4.69, 9.17) is 5.26 Å². The summed E-state index contributed by atoms with van der Waals surface area (Å²) in [6, 6.07) is 2.32. The number of hydrogen-bond donors (Lipinski definition) is 0. The Morgan fingerprint density at radius 1 is 1.47 bits per heavy atom. The first kappa shape index (κ1) is 11.8. The van der Waals surface area contributed by atoms with E-state index in [1.165, 1.54) is 38.5 Å². The van der Waals surface area contributed by atoms with Gasteiger partial charge in [-0.05, 0) is 73.1 Å². The minimum Gasteiger partial charge on any atom is -0.198 e. The Bertz CT molecular complexity index is 381. The van der Waals surface area contributed by atoms with Crippen molar-refractivity contribution in [2.75, 3.05) is 0 Å². The maximum Gasteiger partial charge on any atom is 0.0621 e. The zero-order valence-electron chi connectivity index (χ0n) is 10.3. The van der Waals surface area contributed by atoms with Crippen LogP contribution in [0.1, 0.15) is 51.4 Å². The van der Waals surface area contributed by atoms with Gasteiger partial charge in [0.2, 0.25) is 0 Å². The first-order chi connectivity index (χ1) is 8.31. The molecule has 92 valence electrons. The van der Waals surface area contributed by atoms with Crippen molar-refractivity contribution in [1.82, 2.24) is 0 Å². The minimum absolute atomic E-state index is 0.677. The molecule has 0 saturated heterocycles. The molecular formula is C15H20BrN. The molecular weight excluding hydrogens is 274 g/mol. The maximum atomic E-state index is 8.74. The van der Waals surface area contributed by atoms with Crippen LogP contribution in [0.4, 0.5) is 0 Å². The molecule has 2 heteroatoms. The lowest BCUT2D eigenvalue weighted by atomic mass is 9.64. The normalized spacial score (nSPS) is 45.9. The van der Waals surface area contributed by atoms with Crippen LogP contribution in [0.2, 0.25) is 0 Å². The van der Waals surface area contributed by atoms with Crippen LogP contribution in [0.15, 0.2) is 10.6 Å². The molecule has 1 nitrogen and oxygen atoms in total. The average molecular weight is 294 g/mol. The Hall–Kier alpha value is -0.290. The molecule has 3 aliphatic rings. The van der Waals surface area contributed by atoms with Gasteiger partial charge in [0.1, 0.15) is 0 Å². The molecule has 0 radical (unpaired) electrons. The van der Waals surface area contributed by atoms with Gasteiger partial charge in [0, 0.05) is 6.42 Å². The smallest absolute Gasteiger partial charge is 0.0621 e. The van der Waals surface area contributed by atoms with Gasteiger partial charge in [-0.1, -0.05) is 21.5 Å². The maximum absolute atomic E-state index is 8.74. The number of rotatable bonds is 2. The van der Waals surface area contributed by atoms with Crippen LogP contribution in [-0.4, -0.2) is 0 Å². The number of nitrogens with zero attached hydrogens (tertiary/aromatic N) is 1. The second-order valence-corrected chi connectivity index (χ2v) is 6.63. The van der Waals surface area contributed by atoms with Gasteiger partial charge in [0.15, 0.2) is 0 Å². The van der Waals surface area contributed by atoms with Gasteiger partial charge in [0.25, 0.3) is 0 Å². The first-order valence-corrected chi connectivity index (χ1v) is 7.89. The molecule has 0 aromatic heterocycles. The largest absolute Gasteiger partial charge is 0.198 e. The lowest BCUT2D eigenvalue weighted by Gasteiger charge is -2.41. The monoisotopic (exact) mass is 293 g/mol. The molecule has 0 amide bonds. The van der Waals surface area contributed by atoms with Gasteiger partial charge < -0.3 is 0 Å². The van der Waals surface area contributed by atoms with Crippen molar-refractivity contribution in [1.29, 1.82) is 5.26 Å². The van der Waals surface area contributed by atoms with E-state index in [2.05, 4.69) is 27.0 Å². The van der Waals surface area contributed by atoms with Gasteiger partial charge in [-0.3, -0.25) is 0 Å². The zero-order chi connectivity index (χ0) is 11.9. The molecule has 3 saturated carbocycles. The first-order valence-electron chi connectivity index (χ1n) is 6.98. The summed E-state index contributed by atoms with van der Waals surface area (Å²) in [7, 11) is 0. The van der Waals surface area contributed by atoms with Gasteiger partial charge in [-0.15, -0.1) is 0 Å². The van der Waals surface area contributed by atoms with Crippen molar-refractivity contribution in [3.05, 3.63) is 10.6 Å². The van der Waals surface area contributed by atoms with E-state index in [-0.39, 0.29) is 0 Å². The highest BCUT2D eigenvalue weighted by Crippen LogP contribution is 2.72.